The minimum atomic E-state index is 0.540. The van der Waals surface area contributed by atoms with Crippen LogP contribution in [0.3, 0.4) is 0 Å². The van der Waals surface area contributed by atoms with Gasteiger partial charge in [0.05, 0.1) is 5.71 Å². The quantitative estimate of drug-likeness (QED) is 0.873. The fourth-order valence-corrected chi connectivity index (χ4v) is 2.87. The maximum Gasteiger partial charge on any atom is 0.0906 e. The summed E-state index contributed by atoms with van der Waals surface area (Å²) in [5.74, 6) is 0. The Balaban J connectivity index is 1.83. The van der Waals surface area contributed by atoms with Gasteiger partial charge in [0.2, 0.25) is 0 Å². The Hall–Kier alpha value is -2.07. The average molecular weight is 282 g/mol. The molecule has 0 amide bonds. The SMILES string of the molecule is C=C1C=CC(c2ccc(N3CCN[C@H](C)C3)c(C)c2)=NN1. The molecule has 110 valence electrons. The molecule has 4 nitrogen and oxygen atoms in total. The van der Waals surface area contributed by atoms with Gasteiger partial charge in [-0.25, -0.2) is 0 Å². The van der Waals surface area contributed by atoms with E-state index in [0.717, 1.165) is 36.6 Å². The first-order valence-corrected chi connectivity index (χ1v) is 7.43. The second-order valence-electron chi connectivity index (χ2n) is 5.77. The van der Waals surface area contributed by atoms with Gasteiger partial charge in [-0.3, -0.25) is 5.43 Å². The topological polar surface area (TPSA) is 39.7 Å². The zero-order valence-corrected chi connectivity index (χ0v) is 12.7. The van der Waals surface area contributed by atoms with Crippen LogP contribution >= 0.6 is 0 Å². The van der Waals surface area contributed by atoms with Gasteiger partial charge in [0.15, 0.2) is 0 Å². The summed E-state index contributed by atoms with van der Waals surface area (Å²) in [6.45, 7) is 11.4. The van der Waals surface area contributed by atoms with Crippen molar-refractivity contribution < 1.29 is 0 Å². The highest BCUT2D eigenvalue weighted by molar-refractivity contribution is 6.09. The number of benzene rings is 1. The first-order valence-electron chi connectivity index (χ1n) is 7.43. The molecular weight excluding hydrogens is 260 g/mol. The summed E-state index contributed by atoms with van der Waals surface area (Å²) in [5, 5.41) is 7.81. The molecule has 0 spiro atoms. The number of anilines is 1. The number of aryl methyl sites for hydroxylation is 1. The lowest BCUT2D eigenvalue weighted by Crippen LogP contribution is -2.49. The molecule has 0 aromatic heterocycles. The summed E-state index contributed by atoms with van der Waals surface area (Å²) in [4.78, 5) is 2.46. The Morgan fingerprint density at radius 2 is 2.19 bits per heavy atom. The lowest BCUT2D eigenvalue weighted by Gasteiger charge is -2.34. The van der Waals surface area contributed by atoms with E-state index in [2.05, 4.69) is 59.4 Å². The lowest BCUT2D eigenvalue weighted by molar-refractivity contribution is 0.484. The van der Waals surface area contributed by atoms with E-state index in [1.807, 2.05) is 12.2 Å². The minimum Gasteiger partial charge on any atom is -0.368 e. The molecule has 2 heterocycles. The third-order valence-corrected chi connectivity index (χ3v) is 3.96. The highest BCUT2D eigenvalue weighted by atomic mass is 15.3. The van der Waals surface area contributed by atoms with Gasteiger partial charge < -0.3 is 10.2 Å². The molecule has 1 atom stereocenters. The van der Waals surface area contributed by atoms with Crippen molar-refractivity contribution in [2.45, 2.75) is 19.9 Å². The van der Waals surface area contributed by atoms with E-state index in [9.17, 15) is 0 Å². The fourth-order valence-electron chi connectivity index (χ4n) is 2.87. The van der Waals surface area contributed by atoms with E-state index in [-0.39, 0.29) is 0 Å². The maximum atomic E-state index is 4.33. The van der Waals surface area contributed by atoms with Crippen molar-refractivity contribution in [3.8, 4) is 0 Å². The predicted octanol–water partition coefficient (Wildman–Crippen LogP) is 2.17. The molecule has 0 saturated carbocycles. The predicted molar refractivity (Wildman–Crippen MR) is 88.8 cm³/mol. The Kier molecular flexibility index (Phi) is 3.80. The Labute approximate surface area is 126 Å². The molecule has 1 fully saturated rings. The van der Waals surface area contributed by atoms with Crippen molar-refractivity contribution >= 4 is 11.4 Å². The summed E-state index contributed by atoms with van der Waals surface area (Å²) < 4.78 is 0. The van der Waals surface area contributed by atoms with Crippen LogP contribution in [0.4, 0.5) is 5.69 Å². The summed E-state index contributed by atoms with van der Waals surface area (Å²) in [5.41, 5.74) is 8.45. The molecule has 1 aromatic rings. The summed E-state index contributed by atoms with van der Waals surface area (Å²) in [6, 6.07) is 7.11. The smallest absolute Gasteiger partial charge is 0.0906 e. The highest BCUT2D eigenvalue weighted by Gasteiger charge is 2.17. The van der Waals surface area contributed by atoms with Crippen LogP contribution in [0.15, 0.2) is 47.7 Å². The number of nitrogens with one attached hydrogen (secondary N) is 2. The van der Waals surface area contributed by atoms with Crippen molar-refractivity contribution in [2.24, 2.45) is 5.10 Å². The normalized spacial score (nSPS) is 22.0. The fraction of sp³-hybridized carbons (Fsp3) is 0.353. The van der Waals surface area contributed by atoms with E-state index < -0.39 is 0 Å². The van der Waals surface area contributed by atoms with E-state index in [4.69, 9.17) is 0 Å². The molecule has 0 aliphatic carbocycles. The molecule has 2 aliphatic rings. The zero-order chi connectivity index (χ0) is 14.8. The first kappa shape index (κ1) is 13.9. The second-order valence-corrected chi connectivity index (χ2v) is 5.77. The van der Waals surface area contributed by atoms with Crippen LogP contribution in [0, 0.1) is 6.92 Å². The number of hydrazone groups is 1. The molecule has 1 saturated heterocycles. The number of piperazine rings is 1. The van der Waals surface area contributed by atoms with Crippen molar-refractivity contribution in [3.63, 3.8) is 0 Å². The molecule has 1 aromatic carbocycles. The number of rotatable bonds is 2. The number of nitrogens with zero attached hydrogens (tertiary/aromatic N) is 2. The van der Waals surface area contributed by atoms with E-state index in [1.54, 1.807) is 0 Å². The Morgan fingerprint density at radius 3 is 2.86 bits per heavy atom. The molecule has 0 bridgehead atoms. The van der Waals surface area contributed by atoms with Gasteiger partial charge in [-0.05, 0) is 43.7 Å². The number of hydrogen-bond acceptors (Lipinski definition) is 4. The molecule has 2 aliphatic heterocycles. The standard InChI is InChI=1S/C17H22N4/c1-12-10-15(16-6-4-13(2)19-20-16)5-7-17(12)21-9-8-18-14(3)11-21/h4-7,10,14,18-19H,2,8-9,11H2,1,3H3/t14-/m1/s1. The van der Waals surface area contributed by atoms with Crippen molar-refractivity contribution in [1.29, 1.82) is 0 Å². The van der Waals surface area contributed by atoms with Gasteiger partial charge in [-0.15, -0.1) is 0 Å². The second kappa shape index (κ2) is 5.74. The molecule has 2 N–H and O–H groups in total. The third-order valence-electron chi connectivity index (χ3n) is 3.96. The van der Waals surface area contributed by atoms with Crippen molar-refractivity contribution in [3.05, 3.63) is 53.8 Å². The molecule has 4 heteroatoms. The van der Waals surface area contributed by atoms with Crippen LogP contribution in [0.25, 0.3) is 0 Å². The van der Waals surface area contributed by atoms with Gasteiger partial charge in [0.25, 0.3) is 0 Å². The van der Waals surface area contributed by atoms with E-state index in [0.29, 0.717) is 6.04 Å². The summed E-state index contributed by atoms with van der Waals surface area (Å²) >= 11 is 0. The van der Waals surface area contributed by atoms with Gasteiger partial charge >= 0.3 is 0 Å². The van der Waals surface area contributed by atoms with Crippen LogP contribution in [0.1, 0.15) is 18.1 Å². The minimum absolute atomic E-state index is 0.540. The van der Waals surface area contributed by atoms with Crippen LogP contribution in [0.2, 0.25) is 0 Å². The van der Waals surface area contributed by atoms with Crippen molar-refractivity contribution in [2.75, 3.05) is 24.5 Å². The van der Waals surface area contributed by atoms with Crippen LogP contribution in [-0.2, 0) is 0 Å². The van der Waals surface area contributed by atoms with Gasteiger partial charge in [0.1, 0.15) is 0 Å². The van der Waals surface area contributed by atoms with E-state index in [1.165, 1.54) is 11.3 Å². The van der Waals surface area contributed by atoms with Crippen LogP contribution < -0.4 is 15.6 Å². The highest BCUT2D eigenvalue weighted by Crippen LogP contribution is 2.23. The monoisotopic (exact) mass is 282 g/mol. The summed E-state index contributed by atoms with van der Waals surface area (Å²) in [7, 11) is 0. The van der Waals surface area contributed by atoms with Crippen molar-refractivity contribution in [1.82, 2.24) is 10.7 Å². The first-order chi connectivity index (χ1) is 10.1. The zero-order valence-electron chi connectivity index (χ0n) is 12.7. The van der Waals surface area contributed by atoms with E-state index >= 15 is 0 Å². The largest absolute Gasteiger partial charge is 0.368 e. The molecular formula is C17H22N4. The summed E-state index contributed by atoms with van der Waals surface area (Å²) in [6.07, 6.45) is 3.95. The maximum absolute atomic E-state index is 4.33. The molecule has 21 heavy (non-hydrogen) atoms. The third kappa shape index (κ3) is 3.00. The van der Waals surface area contributed by atoms with Crippen LogP contribution in [-0.4, -0.2) is 31.4 Å². The Bertz CT molecular complexity index is 615. The van der Waals surface area contributed by atoms with Crippen LogP contribution in [0.5, 0.6) is 0 Å². The molecule has 0 unspecified atom stereocenters. The Morgan fingerprint density at radius 1 is 1.33 bits per heavy atom. The number of hydrogen-bond donors (Lipinski definition) is 2. The van der Waals surface area contributed by atoms with Gasteiger partial charge in [-0.2, -0.15) is 5.10 Å². The molecule has 3 rings (SSSR count). The lowest BCUT2D eigenvalue weighted by atomic mass is 10.0. The van der Waals surface area contributed by atoms with Gasteiger partial charge in [0, 0.05) is 42.6 Å². The molecule has 0 radical (unpaired) electrons. The average Bonchev–Trinajstić information content (AvgIpc) is 2.48. The van der Waals surface area contributed by atoms with Gasteiger partial charge in [-0.1, -0.05) is 12.6 Å². The number of allylic oxidation sites excluding steroid dienone is 2.